The summed E-state index contributed by atoms with van der Waals surface area (Å²) >= 11 is 0. The largest absolute Gasteiger partial charge is 0.483 e. The molecule has 0 saturated carbocycles. The van der Waals surface area contributed by atoms with E-state index in [0.29, 0.717) is 23.1 Å². The molecule has 1 aromatic heterocycles. The molecule has 150 valence electrons. The fourth-order valence-corrected chi connectivity index (χ4v) is 3.26. The number of rotatable bonds is 4. The van der Waals surface area contributed by atoms with Crippen LogP contribution >= 0.6 is 0 Å². The van der Waals surface area contributed by atoms with E-state index < -0.39 is 35.4 Å². The maximum absolute atomic E-state index is 12.6. The normalized spacial score (nSPS) is 21.3. The van der Waals surface area contributed by atoms with Crippen LogP contribution in [0.5, 0.6) is 5.75 Å². The van der Waals surface area contributed by atoms with Crippen molar-refractivity contribution in [3.05, 3.63) is 40.2 Å². The number of ether oxygens (including phenoxy) is 3. The lowest BCUT2D eigenvalue weighted by molar-refractivity contribution is -0.191. The van der Waals surface area contributed by atoms with Gasteiger partial charge in [0.1, 0.15) is 16.9 Å². The maximum atomic E-state index is 12.6. The predicted octanol–water partition coefficient (Wildman–Crippen LogP) is 3.53. The van der Waals surface area contributed by atoms with Gasteiger partial charge in [0, 0.05) is 18.4 Å². The average Bonchev–Trinajstić information content (AvgIpc) is 2.62. The van der Waals surface area contributed by atoms with E-state index in [1.807, 2.05) is 6.92 Å². The number of carbonyl (C=O) groups excluding carboxylic acids is 2. The Morgan fingerprint density at radius 2 is 1.86 bits per heavy atom. The van der Waals surface area contributed by atoms with Gasteiger partial charge >= 0.3 is 17.6 Å². The summed E-state index contributed by atoms with van der Waals surface area (Å²) in [5, 5.41) is 0.646. The van der Waals surface area contributed by atoms with Crippen molar-refractivity contribution in [1.29, 1.82) is 0 Å². The van der Waals surface area contributed by atoms with Crippen LogP contribution in [0.1, 0.15) is 52.7 Å². The molecule has 0 radical (unpaired) electrons. The van der Waals surface area contributed by atoms with Crippen LogP contribution in [0.25, 0.3) is 11.0 Å². The SMILES string of the molecule is CCC(C)C(=O)O[C@@H]1c2c(ccc3ccc(=O)oc23)OC(C)(C)[C@@H]1OC(C)=O. The molecule has 7 heteroatoms. The lowest BCUT2D eigenvalue weighted by atomic mass is 9.87. The smallest absolute Gasteiger partial charge is 0.336 e. The van der Waals surface area contributed by atoms with Crippen molar-refractivity contribution in [2.45, 2.75) is 58.8 Å². The van der Waals surface area contributed by atoms with Crippen molar-refractivity contribution in [1.82, 2.24) is 0 Å². The third-order valence-electron chi connectivity index (χ3n) is 4.96. The van der Waals surface area contributed by atoms with Gasteiger partial charge in [-0.15, -0.1) is 0 Å². The van der Waals surface area contributed by atoms with Crippen LogP contribution in [0, 0.1) is 5.92 Å². The minimum absolute atomic E-state index is 0.250. The van der Waals surface area contributed by atoms with Gasteiger partial charge in [-0.05, 0) is 38.5 Å². The number of benzene rings is 1. The third kappa shape index (κ3) is 3.61. The summed E-state index contributed by atoms with van der Waals surface area (Å²) in [6.45, 7) is 8.42. The molecule has 2 aromatic rings. The minimum atomic E-state index is -0.974. The van der Waals surface area contributed by atoms with E-state index in [-0.39, 0.29) is 11.5 Å². The Bertz CT molecular complexity index is 972. The first-order chi connectivity index (χ1) is 13.1. The van der Waals surface area contributed by atoms with Gasteiger partial charge in [0.15, 0.2) is 12.2 Å². The average molecular weight is 388 g/mol. The highest BCUT2D eigenvalue weighted by atomic mass is 16.6. The topological polar surface area (TPSA) is 92.0 Å². The maximum Gasteiger partial charge on any atom is 0.336 e. The Hall–Kier alpha value is -2.83. The van der Waals surface area contributed by atoms with Gasteiger partial charge in [0.25, 0.3) is 0 Å². The lowest BCUT2D eigenvalue weighted by Crippen LogP contribution is -2.52. The zero-order valence-electron chi connectivity index (χ0n) is 16.6. The molecule has 0 amide bonds. The molecule has 0 aliphatic carbocycles. The molecule has 0 N–H and O–H groups in total. The molecule has 0 saturated heterocycles. The molecule has 7 nitrogen and oxygen atoms in total. The van der Waals surface area contributed by atoms with E-state index >= 15 is 0 Å². The van der Waals surface area contributed by atoms with E-state index in [1.165, 1.54) is 13.0 Å². The third-order valence-corrected chi connectivity index (χ3v) is 4.96. The lowest BCUT2D eigenvalue weighted by Gasteiger charge is -2.43. The molecule has 2 heterocycles. The number of fused-ring (bicyclic) bond motifs is 3. The van der Waals surface area contributed by atoms with Crippen LogP contribution in [0.2, 0.25) is 0 Å². The van der Waals surface area contributed by atoms with Gasteiger partial charge in [-0.3, -0.25) is 9.59 Å². The fraction of sp³-hybridized carbons (Fsp3) is 0.476. The summed E-state index contributed by atoms with van der Waals surface area (Å²) in [7, 11) is 0. The van der Waals surface area contributed by atoms with Crippen LogP contribution in [-0.2, 0) is 19.1 Å². The van der Waals surface area contributed by atoms with Gasteiger partial charge in [-0.2, -0.15) is 0 Å². The highest BCUT2D eigenvalue weighted by Gasteiger charge is 2.50. The second kappa shape index (κ2) is 7.30. The number of hydrogen-bond acceptors (Lipinski definition) is 7. The molecule has 0 spiro atoms. The standard InChI is InChI=1S/C21H24O7/c1-6-11(2)20(24)27-18-16-14(28-21(4,5)19(18)25-12(3)22)9-7-13-8-10-15(23)26-17(13)16/h7-11,18-19H,6H2,1-5H3/t11?,18-,19-/m1/s1. The molecule has 0 bridgehead atoms. The Morgan fingerprint density at radius 3 is 2.50 bits per heavy atom. The van der Waals surface area contributed by atoms with E-state index in [9.17, 15) is 14.4 Å². The van der Waals surface area contributed by atoms with Crippen LogP contribution in [0.4, 0.5) is 0 Å². The van der Waals surface area contributed by atoms with E-state index in [1.54, 1.807) is 39.0 Å². The molecule has 0 fully saturated rings. The summed E-state index contributed by atoms with van der Waals surface area (Å²) < 4.78 is 22.8. The monoisotopic (exact) mass is 388 g/mol. The second-order valence-corrected chi connectivity index (χ2v) is 7.55. The van der Waals surface area contributed by atoms with Crippen molar-refractivity contribution in [3.63, 3.8) is 0 Å². The van der Waals surface area contributed by atoms with Crippen molar-refractivity contribution in [2.75, 3.05) is 0 Å². The number of esters is 2. The molecular weight excluding hydrogens is 364 g/mol. The van der Waals surface area contributed by atoms with Crippen molar-refractivity contribution in [3.8, 4) is 5.75 Å². The first kappa shape index (κ1) is 19.9. The van der Waals surface area contributed by atoms with Gasteiger partial charge < -0.3 is 18.6 Å². The van der Waals surface area contributed by atoms with Gasteiger partial charge in [-0.1, -0.05) is 13.8 Å². The summed E-state index contributed by atoms with van der Waals surface area (Å²) in [6.07, 6.45) is -1.29. The summed E-state index contributed by atoms with van der Waals surface area (Å²) in [5.41, 5.74) is -0.874. The van der Waals surface area contributed by atoms with E-state index in [0.717, 1.165) is 0 Å². The van der Waals surface area contributed by atoms with Crippen LogP contribution in [0.3, 0.4) is 0 Å². The zero-order chi connectivity index (χ0) is 20.6. The number of hydrogen-bond donors (Lipinski definition) is 0. The van der Waals surface area contributed by atoms with Crippen molar-refractivity contribution >= 4 is 22.9 Å². The molecule has 1 aliphatic rings. The van der Waals surface area contributed by atoms with E-state index in [2.05, 4.69) is 0 Å². The highest BCUT2D eigenvalue weighted by molar-refractivity contribution is 5.84. The Kier molecular flexibility index (Phi) is 5.19. The molecule has 1 unspecified atom stereocenters. The molecule has 1 aromatic carbocycles. The highest BCUT2D eigenvalue weighted by Crippen LogP contribution is 2.46. The Morgan fingerprint density at radius 1 is 1.18 bits per heavy atom. The zero-order valence-corrected chi connectivity index (χ0v) is 16.6. The fourth-order valence-electron chi connectivity index (χ4n) is 3.26. The molecule has 1 aliphatic heterocycles. The summed E-state index contributed by atoms with van der Waals surface area (Å²) in [4.78, 5) is 36.2. The molecule has 3 rings (SSSR count). The first-order valence-electron chi connectivity index (χ1n) is 9.27. The van der Waals surface area contributed by atoms with Crippen molar-refractivity contribution in [2.24, 2.45) is 5.92 Å². The predicted molar refractivity (Wildman–Crippen MR) is 101 cm³/mol. The van der Waals surface area contributed by atoms with Crippen LogP contribution in [-0.4, -0.2) is 23.6 Å². The van der Waals surface area contributed by atoms with Crippen LogP contribution in [0.15, 0.2) is 33.5 Å². The Labute approximate surface area is 162 Å². The van der Waals surface area contributed by atoms with Gasteiger partial charge in [0.2, 0.25) is 0 Å². The van der Waals surface area contributed by atoms with E-state index in [4.69, 9.17) is 18.6 Å². The summed E-state index contributed by atoms with van der Waals surface area (Å²) in [6, 6.07) is 6.42. The minimum Gasteiger partial charge on any atom is -0.483 e. The molecule has 28 heavy (non-hydrogen) atoms. The first-order valence-corrected chi connectivity index (χ1v) is 9.27. The van der Waals surface area contributed by atoms with Crippen molar-refractivity contribution < 1.29 is 28.2 Å². The molecule has 3 atom stereocenters. The van der Waals surface area contributed by atoms with Crippen LogP contribution < -0.4 is 10.4 Å². The molecular formula is C21H24O7. The summed E-state index contributed by atoms with van der Waals surface area (Å²) in [5.74, 6) is -0.883. The quantitative estimate of drug-likeness (QED) is 0.584. The second-order valence-electron chi connectivity index (χ2n) is 7.55. The van der Waals surface area contributed by atoms with Gasteiger partial charge in [0.05, 0.1) is 11.5 Å². The van der Waals surface area contributed by atoms with Gasteiger partial charge in [-0.25, -0.2) is 4.79 Å². The number of carbonyl (C=O) groups is 2. The Balaban J connectivity index is 2.22.